The first-order valence-electron chi connectivity index (χ1n) is 9.01. The number of methoxy groups -OCH3 is 1. The van der Waals surface area contributed by atoms with E-state index in [-0.39, 0.29) is 11.9 Å². The van der Waals surface area contributed by atoms with Crippen LogP contribution in [0.4, 0.5) is 0 Å². The van der Waals surface area contributed by atoms with Crippen LogP contribution >= 0.6 is 0 Å². The summed E-state index contributed by atoms with van der Waals surface area (Å²) in [5.74, 6) is 1.70. The SMILES string of the molecule is COc1ccc(C(CNC(=O)CCc2ccco2)N2CCOCC2)cc1. The van der Waals surface area contributed by atoms with E-state index >= 15 is 0 Å². The Morgan fingerprint density at radius 2 is 2.00 bits per heavy atom. The summed E-state index contributed by atoms with van der Waals surface area (Å²) in [5.41, 5.74) is 1.17. The van der Waals surface area contributed by atoms with Crippen molar-refractivity contribution in [1.82, 2.24) is 10.2 Å². The molecule has 26 heavy (non-hydrogen) atoms. The maximum absolute atomic E-state index is 12.2. The van der Waals surface area contributed by atoms with Crippen LogP contribution in [0.5, 0.6) is 5.75 Å². The Morgan fingerprint density at radius 3 is 2.65 bits per heavy atom. The van der Waals surface area contributed by atoms with E-state index in [4.69, 9.17) is 13.9 Å². The standard InChI is InChI=1S/C20H26N2O4/c1-24-17-6-4-16(5-7-17)19(22-10-13-25-14-11-22)15-21-20(23)9-8-18-3-2-12-26-18/h2-7,12,19H,8-11,13-15H2,1H3,(H,21,23). The van der Waals surface area contributed by atoms with E-state index in [1.165, 1.54) is 5.56 Å². The van der Waals surface area contributed by atoms with E-state index < -0.39 is 0 Å². The number of carbonyl (C=O) groups is 1. The van der Waals surface area contributed by atoms with Gasteiger partial charge in [-0.2, -0.15) is 0 Å². The summed E-state index contributed by atoms with van der Waals surface area (Å²) in [6, 6.07) is 11.9. The largest absolute Gasteiger partial charge is 0.497 e. The Morgan fingerprint density at radius 1 is 1.23 bits per heavy atom. The number of aryl methyl sites for hydroxylation is 1. The molecule has 6 heteroatoms. The lowest BCUT2D eigenvalue weighted by molar-refractivity contribution is -0.121. The maximum Gasteiger partial charge on any atom is 0.220 e. The summed E-state index contributed by atoms with van der Waals surface area (Å²) in [7, 11) is 1.66. The van der Waals surface area contributed by atoms with Gasteiger partial charge >= 0.3 is 0 Å². The van der Waals surface area contributed by atoms with Gasteiger partial charge in [0.25, 0.3) is 0 Å². The average molecular weight is 358 g/mol. The van der Waals surface area contributed by atoms with Crippen LogP contribution in [0.1, 0.15) is 23.8 Å². The third-order valence-electron chi connectivity index (χ3n) is 4.66. The molecule has 1 fully saturated rings. The molecule has 1 aliphatic heterocycles. The number of nitrogens with zero attached hydrogens (tertiary/aromatic N) is 1. The van der Waals surface area contributed by atoms with Crippen molar-refractivity contribution < 1.29 is 18.7 Å². The number of furan rings is 1. The van der Waals surface area contributed by atoms with E-state index in [1.807, 2.05) is 24.3 Å². The minimum atomic E-state index is 0.0353. The summed E-state index contributed by atoms with van der Waals surface area (Å²) < 4.78 is 16.0. The number of carbonyl (C=O) groups excluding carboxylic acids is 1. The predicted octanol–water partition coefficient (Wildman–Crippen LogP) is 2.41. The second-order valence-corrected chi connectivity index (χ2v) is 6.32. The van der Waals surface area contributed by atoms with Crippen LogP contribution < -0.4 is 10.1 Å². The van der Waals surface area contributed by atoms with Crippen LogP contribution in [0.3, 0.4) is 0 Å². The molecule has 2 heterocycles. The lowest BCUT2D eigenvalue weighted by atomic mass is 10.0. The number of benzene rings is 1. The molecular weight excluding hydrogens is 332 g/mol. The van der Waals surface area contributed by atoms with Gasteiger partial charge in [0.05, 0.1) is 32.6 Å². The van der Waals surface area contributed by atoms with Crippen LogP contribution in [0, 0.1) is 0 Å². The highest BCUT2D eigenvalue weighted by Crippen LogP contribution is 2.23. The Kier molecular flexibility index (Phi) is 6.68. The third kappa shape index (κ3) is 5.09. The smallest absolute Gasteiger partial charge is 0.220 e. The van der Waals surface area contributed by atoms with Gasteiger partial charge in [-0.25, -0.2) is 0 Å². The molecular formula is C20H26N2O4. The Bertz CT molecular complexity index is 664. The normalized spacial score (nSPS) is 16.2. The van der Waals surface area contributed by atoms with Crippen molar-refractivity contribution in [2.45, 2.75) is 18.9 Å². The zero-order valence-electron chi connectivity index (χ0n) is 15.1. The molecule has 1 amide bonds. The van der Waals surface area contributed by atoms with Gasteiger partial charge in [0.15, 0.2) is 0 Å². The van der Waals surface area contributed by atoms with Crippen LogP contribution in [-0.2, 0) is 16.0 Å². The van der Waals surface area contributed by atoms with Crippen molar-refractivity contribution in [2.24, 2.45) is 0 Å². The number of morpholine rings is 1. The first-order valence-corrected chi connectivity index (χ1v) is 9.01. The molecule has 0 bridgehead atoms. The molecule has 0 aliphatic carbocycles. The maximum atomic E-state index is 12.2. The number of amides is 1. The van der Waals surface area contributed by atoms with Crippen LogP contribution in [0.2, 0.25) is 0 Å². The van der Waals surface area contributed by atoms with Gasteiger partial charge in [0.2, 0.25) is 5.91 Å². The van der Waals surface area contributed by atoms with Gasteiger partial charge in [-0.05, 0) is 29.8 Å². The van der Waals surface area contributed by atoms with Gasteiger partial charge in [-0.3, -0.25) is 9.69 Å². The Balaban J connectivity index is 1.59. The minimum Gasteiger partial charge on any atom is -0.497 e. The number of hydrogen-bond acceptors (Lipinski definition) is 5. The summed E-state index contributed by atoms with van der Waals surface area (Å²) in [5, 5.41) is 3.08. The van der Waals surface area contributed by atoms with E-state index in [9.17, 15) is 4.79 Å². The molecule has 0 saturated carbocycles. The second-order valence-electron chi connectivity index (χ2n) is 6.32. The Hall–Kier alpha value is -2.31. The summed E-state index contributed by atoms with van der Waals surface area (Å²) in [4.78, 5) is 14.6. The zero-order valence-corrected chi connectivity index (χ0v) is 15.1. The van der Waals surface area contributed by atoms with Crippen molar-refractivity contribution in [3.8, 4) is 5.75 Å². The number of rotatable bonds is 8. The van der Waals surface area contributed by atoms with Crippen molar-refractivity contribution in [1.29, 1.82) is 0 Å². The van der Waals surface area contributed by atoms with Gasteiger partial charge in [0, 0.05) is 32.5 Å². The van der Waals surface area contributed by atoms with Gasteiger partial charge in [-0.1, -0.05) is 12.1 Å². The average Bonchev–Trinajstić information content (AvgIpc) is 3.21. The molecule has 6 nitrogen and oxygen atoms in total. The predicted molar refractivity (Wildman–Crippen MR) is 98.2 cm³/mol. The molecule has 140 valence electrons. The fourth-order valence-electron chi connectivity index (χ4n) is 3.16. The van der Waals surface area contributed by atoms with Crippen LogP contribution in [0.25, 0.3) is 0 Å². The van der Waals surface area contributed by atoms with E-state index in [0.717, 1.165) is 37.8 Å². The molecule has 0 radical (unpaired) electrons. The van der Waals surface area contributed by atoms with Crippen molar-refractivity contribution in [3.63, 3.8) is 0 Å². The highest BCUT2D eigenvalue weighted by molar-refractivity contribution is 5.76. The summed E-state index contributed by atoms with van der Waals surface area (Å²) in [6.07, 6.45) is 2.67. The van der Waals surface area contributed by atoms with Gasteiger partial charge in [0.1, 0.15) is 11.5 Å². The first kappa shape index (κ1) is 18.5. The number of nitrogens with one attached hydrogen (secondary N) is 1. The van der Waals surface area contributed by atoms with E-state index in [0.29, 0.717) is 19.4 Å². The molecule has 1 unspecified atom stereocenters. The fraction of sp³-hybridized carbons (Fsp3) is 0.450. The van der Waals surface area contributed by atoms with Crippen LogP contribution in [0.15, 0.2) is 47.1 Å². The summed E-state index contributed by atoms with van der Waals surface area (Å²) in [6.45, 7) is 3.74. The van der Waals surface area contributed by atoms with Crippen molar-refractivity contribution in [2.75, 3.05) is 40.0 Å². The summed E-state index contributed by atoms with van der Waals surface area (Å²) >= 11 is 0. The van der Waals surface area contributed by atoms with Gasteiger partial charge < -0.3 is 19.2 Å². The molecule has 1 N–H and O–H groups in total. The van der Waals surface area contributed by atoms with Crippen LogP contribution in [-0.4, -0.2) is 50.8 Å². The lowest BCUT2D eigenvalue weighted by Crippen LogP contribution is -2.43. The third-order valence-corrected chi connectivity index (χ3v) is 4.66. The molecule has 2 aromatic rings. The molecule has 3 rings (SSSR count). The zero-order chi connectivity index (χ0) is 18.2. The number of ether oxygens (including phenoxy) is 2. The minimum absolute atomic E-state index is 0.0353. The monoisotopic (exact) mass is 358 g/mol. The highest BCUT2D eigenvalue weighted by Gasteiger charge is 2.23. The topological polar surface area (TPSA) is 63.9 Å². The molecule has 0 spiro atoms. The molecule has 1 aromatic heterocycles. The molecule has 1 atom stereocenters. The first-order chi connectivity index (χ1) is 12.8. The number of hydrogen-bond donors (Lipinski definition) is 1. The fourth-order valence-corrected chi connectivity index (χ4v) is 3.16. The van der Waals surface area contributed by atoms with E-state index in [2.05, 4.69) is 22.3 Å². The molecule has 1 saturated heterocycles. The van der Waals surface area contributed by atoms with Gasteiger partial charge in [-0.15, -0.1) is 0 Å². The highest BCUT2D eigenvalue weighted by atomic mass is 16.5. The molecule has 1 aromatic carbocycles. The van der Waals surface area contributed by atoms with Crippen molar-refractivity contribution in [3.05, 3.63) is 54.0 Å². The lowest BCUT2D eigenvalue weighted by Gasteiger charge is -2.35. The molecule has 1 aliphatic rings. The van der Waals surface area contributed by atoms with Crippen molar-refractivity contribution >= 4 is 5.91 Å². The Labute approximate surface area is 154 Å². The second kappa shape index (κ2) is 9.40. The van der Waals surface area contributed by atoms with E-state index in [1.54, 1.807) is 13.4 Å². The quantitative estimate of drug-likeness (QED) is 0.785.